The number of nitrogens with zero attached hydrogens (tertiary/aromatic N) is 1. The standard InChI is InChI=1S/C25H20N2O4S/c1-16-6-12-20(13-7-16)26-25-27-23(28)22(32-25)14-19-4-2-3-5-21(19)31-15-17-8-10-18(11-9-17)24(29)30/h2-14H,15H2,1H3,(H,29,30)(H,26,27,28). The van der Waals surface area contributed by atoms with Crippen molar-refractivity contribution in [2.24, 2.45) is 4.99 Å². The lowest BCUT2D eigenvalue weighted by Crippen LogP contribution is -2.19. The van der Waals surface area contributed by atoms with Crippen LogP contribution in [0.5, 0.6) is 5.75 Å². The second kappa shape index (κ2) is 9.53. The van der Waals surface area contributed by atoms with Gasteiger partial charge in [-0.1, -0.05) is 48.0 Å². The van der Waals surface area contributed by atoms with Gasteiger partial charge in [0.2, 0.25) is 0 Å². The van der Waals surface area contributed by atoms with E-state index in [1.165, 1.54) is 11.8 Å². The number of aliphatic imine (C=N–C) groups is 1. The molecule has 4 rings (SSSR count). The van der Waals surface area contributed by atoms with Crippen molar-refractivity contribution in [2.45, 2.75) is 13.5 Å². The van der Waals surface area contributed by atoms with Gasteiger partial charge >= 0.3 is 5.97 Å². The Morgan fingerprint density at radius 2 is 1.78 bits per heavy atom. The van der Waals surface area contributed by atoms with Gasteiger partial charge < -0.3 is 15.2 Å². The highest BCUT2D eigenvalue weighted by Crippen LogP contribution is 2.31. The van der Waals surface area contributed by atoms with Crippen molar-refractivity contribution in [1.29, 1.82) is 0 Å². The van der Waals surface area contributed by atoms with Crippen LogP contribution in [0.2, 0.25) is 0 Å². The van der Waals surface area contributed by atoms with E-state index in [0.717, 1.165) is 22.4 Å². The Morgan fingerprint density at radius 1 is 1.06 bits per heavy atom. The van der Waals surface area contributed by atoms with Crippen LogP contribution in [-0.2, 0) is 11.4 Å². The van der Waals surface area contributed by atoms with Gasteiger partial charge in [0.1, 0.15) is 12.4 Å². The van der Waals surface area contributed by atoms with E-state index >= 15 is 0 Å². The van der Waals surface area contributed by atoms with Crippen LogP contribution in [0.4, 0.5) is 5.69 Å². The third kappa shape index (κ3) is 5.25. The lowest BCUT2D eigenvalue weighted by Gasteiger charge is -2.10. The fraction of sp³-hybridized carbons (Fsp3) is 0.0800. The molecule has 32 heavy (non-hydrogen) atoms. The number of amidine groups is 1. The maximum absolute atomic E-state index is 12.4. The number of carbonyl (C=O) groups is 2. The number of amides is 1. The van der Waals surface area contributed by atoms with E-state index < -0.39 is 5.97 Å². The van der Waals surface area contributed by atoms with E-state index in [1.807, 2.05) is 55.5 Å². The molecule has 3 aromatic rings. The van der Waals surface area contributed by atoms with E-state index in [4.69, 9.17) is 9.84 Å². The highest BCUT2D eigenvalue weighted by atomic mass is 32.2. The number of carbonyl (C=O) groups excluding carboxylic acids is 1. The first-order valence-electron chi connectivity index (χ1n) is 9.88. The van der Waals surface area contributed by atoms with Crippen LogP contribution in [-0.4, -0.2) is 22.2 Å². The van der Waals surface area contributed by atoms with E-state index in [-0.39, 0.29) is 18.1 Å². The summed E-state index contributed by atoms with van der Waals surface area (Å²) in [6.45, 7) is 2.29. The molecule has 2 N–H and O–H groups in total. The van der Waals surface area contributed by atoms with Crippen LogP contribution >= 0.6 is 11.8 Å². The molecule has 0 aromatic heterocycles. The van der Waals surface area contributed by atoms with E-state index in [0.29, 0.717) is 15.8 Å². The van der Waals surface area contributed by atoms with Crippen molar-refractivity contribution < 1.29 is 19.4 Å². The number of aromatic carboxylic acids is 1. The average Bonchev–Trinajstić information content (AvgIpc) is 3.13. The largest absolute Gasteiger partial charge is 0.488 e. The maximum Gasteiger partial charge on any atom is 0.335 e. The van der Waals surface area contributed by atoms with Crippen LogP contribution in [0, 0.1) is 6.92 Å². The third-order valence-electron chi connectivity index (χ3n) is 4.72. The SMILES string of the molecule is Cc1ccc(N=C2NC(=O)C(=Cc3ccccc3OCc3ccc(C(=O)O)cc3)S2)cc1. The van der Waals surface area contributed by atoms with Gasteiger partial charge in [0.05, 0.1) is 16.2 Å². The van der Waals surface area contributed by atoms with Crippen molar-refractivity contribution in [3.8, 4) is 5.75 Å². The van der Waals surface area contributed by atoms with Crippen LogP contribution in [0.1, 0.15) is 27.0 Å². The summed E-state index contributed by atoms with van der Waals surface area (Å²) in [6, 6.07) is 21.7. The number of hydrogen-bond donors (Lipinski definition) is 2. The summed E-state index contributed by atoms with van der Waals surface area (Å²) in [7, 11) is 0. The molecular formula is C25H20N2O4S. The summed E-state index contributed by atoms with van der Waals surface area (Å²) in [5, 5.41) is 12.3. The zero-order valence-electron chi connectivity index (χ0n) is 17.2. The van der Waals surface area contributed by atoms with Crippen molar-refractivity contribution in [2.75, 3.05) is 0 Å². The molecule has 1 aliphatic rings. The molecule has 0 aliphatic carbocycles. The van der Waals surface area contributed by atoms with E-state index in [1.54, 1.807) is 30.3 Å². The minimum absolute atomic E-state index is 0.208. The Labute approximate surface area is 189 Å². The molecule has 3 aromatic carbocycles. The number of thioether (sulfide) groups is 1. The second-order valence-electron chi connectivity index (χ2n) is 7.15. The fourth-order valence-electron chi connectivity index (χ4n) is 2.99. The number of rotatable bonds is 6. The van der Waals surface area contributed by atoms with Gasteiger partial charge in [-0.3, -0.25) is 4.79 Å². The molecule has 160 valence electrons. The third-order valence-corrected chi connectivity index (χ3v) is 5.63. The van der Waals surface area contributed by atoms with E-state index in [9.17, 15) is 9.59 Å². The first-order chi connectivity index (χ1) is 15.5. The number of aryl methyl sites for hydroxylation is 1. The smallest absolute Gasteiger partial charge is 0.335 e. The molecule has 1 saturated heterocycles. The lowest BCUT2D eigenvalue weighted by atomic mass is 10.1. The van der Waals surface area contributed by atoms with Gasteiger partial charge in [0.25, 0.3) is 5.91 Å². The molecule has 1 aliphatic heterocycles. The van der Waals surface area contributed by atoms with Gasteiger partial charge in [0, 0.05) is 5.56 Å². The number of carboxylic acids is 1. The number of nitrogens with one attached hydrogen (secondary N) is 1. The van der Waals surface area contributed by atoms with Gasteiger partial charge in [-0.05, 0) is 60.7 Å². The summed E-state index contributed by atoms with van der Waals surface area (Å²) in [5.41, 5.74) is 3.76. The van der Waals surface area contributed by atoms with Crippen molar-refractivity contribution in [1.82, 2.24) is 5.32 Å². The minimum atomic E-state index is -0.966. The highest BCUT2D eigenvalue weighted by molar-refractivity contribution is 8.18. The molecule has 0 spiro atoms. The Bertz CT molecular complexity index is 1220. The Balaban J connectivity index is 1.49. The predicted molar refractivity (Wildman–Crippen MR) is 126 cm³/mol. The molecule has 1 amide bonds. The monoisotopic (exact) mass is 444 g/mol. The summed E-state index contributed by atoms with van der Waals surface area (Å²) in [5.74, 6) is -0.549. The van der Waals surface area contributed by atoms with Gasteiger partial charge in [-0.2, -0.15) is 0 Å². The minimum Gasteiger partial charge on any atom is -0.488 e. The summed E-state index contributed by atoms with van der Waals surface area (Å²) in [4.78, 5) is 28.4. The molecule has 0 unspecified atom stereocenters. The number of benzene rings is 3. The Kier molecular flexibility index (Phi) is 6.37. The second-order valence-corrected chi connectivity index (χ2v) is 8.18. The van der Waals surface area contributed by atoms with Crippen LogP contribution in [0.25, 0.3) is 6.08 Å². The molecule has 6 nitrogen and oxygen atoms in total. The first-order valence-corrected chi connectivity index (χ1v) is 10.7. The molecule has 0 radical (unpaired) electrons. The van der Waals surface area contributed by atoms with Gasteiger partial charge in [-0.15, -0.1) is 0 Å². The molecule has 1 heterocycles. The molecule has 7 heteroatoms. The van der Waals surface area contributed by atoms with Crippen molar-refractivity contribution in [3.63, 3.8) is 0 Å². The average molecular weight is 445 g/mol. The molecule has 0 bridgehead atoms. The van der Waals surface area contributed by atoms with Crippen LogP contribution < -0.4 is 10.1 Å². The van der Waals surface area contributed by atoms with E-state index in [2.05, 4.69) is 10.3 Å². The quantitative estimate of drug-likeness (QED) is 0.513. The normalized spacial score (nSPS) is 15.7. The first kappa shape index (κ1) is 21.4. The predicted octanol–water partition coefficient (Wildman–Crippen LogP) is 5.16. The number of ether oxygens (including phenoxy) is 1. The maximum atomic E-state index is 12.4. The zero-order valence-corrected chi connectivity index (χ0v) is 18.1. The summed E-state index contributed by atoms with van der Waals surface area (Å²) < 4.78 is 5.94. The number of para-hydroxylation sites is 1. The van der Waals surface area contributed by atoms with Gasteiger partial charge in [-0.25, -0.2) is 9.79 Å². The molecule has 1 fully saturated rings. The van der Waals surface area contributed by atoms with Crippen LogP contribution in [0.15, 0.2) is 82.7 Å². The van der Waals surface area contributed by atoms with Crippen molar-refractivity contribution in [3.05, 3.63) is 100.0 Å². The fourth-order valence-corrected chi connectivity index (χ4v) is 3.83. The highest BCUT2D eigenvalue weighted by Gasteiger charge is 2.24. The topological polar surface area (TPSA) is 88.0 Å². The summed E-state index contributed by atoms with van der Waals surface area (Å²) in [6.07, 6.45) is 1.78. The molecule has 0 saturated carbocycles. The molecular weight excluding hydrogens is 424 g/mol. The Hall–Kier alpha value is -3.84. The summed E-state index contributed by atoms with van der Waals surface area (Å²) >= 11 is 1.28. The zero-order chi connectivity index (χ0) is 22.5. The molecule has 0 atom stereocenters. The van der Waals surface area contributed by atoms with Crippen LogP contribution in [0.3, 0.4) is 0 Å². The van der Waals surface area contributed by atoms with Crippen molar-refractivity contribution >= 4 is 40.6 Å². The number of carboxylic acid groups (broad SMARTS) is 1. The lowest BCUT2D eigenvalue weighted by molar-refractivity contribution is -0.115. The van der Waals surface area contributed by atoms with Gasteiger partial charge in [0.15, 0.2) is 5.17 Å². The number of hydrogen-bond acceptors (Lipinski definition) is 5. The Morgan fingerprint density at radius 3 is 2.50 bits per heavy atom.